The first-order valence-corrected chi connectivity index (χ1v) is 10.3. The number of nitrogens with zero attached hydrogens (tertiary/aromatic N) is 4. The summed E-state index contributed by atoms with van der Waals surface area (Å²) in [7, 11) is 0. The fraction of sp³-hybridized carbons (Fsp3) is 0. The second-order valence-electron chi connectivity index (χ2n) is 7.43. The van der Waals surface area contributed by atoms with E-state index >= 15 is 0 Å². The number of carboxylic acid groups (broad SMARTS) is 2. The predicted octanol–water partition coefficient (Wildman–Crippen LogP) is 4.96. The molecular formula is C26H16CdN4O4. The van der Waals surface area contributed by atoms with Crippen LogP contribution in [-0.2, 0) is 27.3 Å². The van der Waals surface area contributed by atoms with Gasteiger partial charge in [-0.25, -0.2) is 19.6 Å². The number of pyridine rings is 4. The van der Waals surface area contributed by atoms with Gasteiger partial charge in [0.25, 0.3) is 0 Å². The number of hydrogen-bond acceptors (Lipinski definition) is 6. The van der Waals surface area contributed by atoms with Crippen molar-refractivity contribution in [2.45, 2.75) is 0 Å². The number of carboxylic acids is 2. The second kappa shape index (κ2) is 10.1. The van der Waals surface area contributed by atoms with Gasteiger partial charge in [0.1, 0.15) is 11.4 Å². The van der Waals surface area contributed by atoms with Gasteiger partial charge in [0.2, 0.25) is 0 Å². The molecule has 0 saturated carbocycles. The Labute approximate surface area is 218 Å². The van der Waals surface area contributed by atoms with Crippen molar-refractivity contribution in [1.82, 2.24) is 19.9 Å². The molecule has 4 heterocycles. The van der Waals surface area contributed by atoms with Crippen molar-refractivity contribution in [3.05, 3.63) is 96.6 Å². The van der Waals surface area contributed by atoms with Gasteiger partial charge in [-0.1, -0.05) is 48.5 Å². The third-order valence-corrected chi connectivity index (χ3v) is 5.30. The summed E-state index contributed by atoms with van der Waals surface area (Å²) in [6, 6.07) is 21.8. The van der Waals surface area contributed by atoms with E-state index in [2.05, 4.69) is 19.9 Å². The molecule has 2 N–H and O–H groups in total. The second-order valence-corrected chi connectivity index (χ2v) is 7.43. The molecule has 6 aromatic rings. The minimum atomic E-state index is -1.03. The molecule has 0 spiro atoms. The van der Waals surface area contributed by atoms with Crippen molar-refractivity contribution in [3.8, 4) is 0 Å². The minimum absolute atomic E-state index is 0. The van der Waals surface area contributed by atoms with Crippen LogP contribution in [0.4, 0.5) is 0 Å². The standard InChI is InChI=1S/2C13H8N2O2.Cd/c2*16-13(17)10-6-5-9-4-3-8-2-1-7-14-11(8)12(9)15-10;/h2*1-7H,(H,16,17);. The Hall–Kier alpha value is -4.06. The Balaban J connectivity index is 0.000000160. The normalized spacial score (nSPS) is 10.5. The molecule has 0 aliphatic rings. The summed E-state index contributed by atoms with van der Waals surface area (Å²) in [5.41, 5.74) is 2.79. The van der Waals surface area contributed by atoms with Gasteiger partial charge in [0.05, 0.1) is 22.1 Å². The summed E-state index contributed by atoms with van der Waals surface area (Å²) >= 11 is 0. The van der Waals surface area contributed by atoms with E-state index in [-0.39, 0.29) is 38.7 Å². The van der Waals surface area contributed by atoms with Crippen LogP contribution in [0.15, 0.2) is 85.2 Å². The maximum Gasteiger partial charge on any atom is 0.354 e. The third-order valence-electron chi connectivity index (χ3n) is 5.30. The number of hydrogen-bond donors (Lipinski definition) is 2. The number of rotatable bonds is 2. The summed E-state index contributed by atoms with van der Waals surface area (Å²) in [6.45, 7) is 0. The minimum Gasteiger partial charge on any atom is -0.477 e. The number of aromatic carboxylic acids is 2. The quantitative estimate of drug-likeness (QED) is 0.225. The van der Waals surface area contributed by atoms with E-state index in [1.807, 2.05) is 48.5 Å². The monoisotopic (exact) mass is 562 g/mol. The van der Waals surface area contributed by atoms with Crippen molar-refractivity contribution in [1.29, 1.82) is 0 Å². The Kier molecular flexibility index (Phi) is 6.92. The van der Waals surface area contributed by atoms with E-state index in [9.17, 15) is 9.59 Å². The molecule has 0 atom stereocenters. The van der Waals surface area contributed by atoms with E-state index in [1.165, 1.54) is 12.1 Å². The zero-order chi connectivity index (χ0) is 23.7. The predicted molar refractivity (Wildman–Crippen MR) is 128 cm³/mol. The molecule has 4 aromatic heterocycles. The Morgan fingerprint density at radius 2 is 0.857 bits per heavy atom. The zero-order valence-electron chi connectivity index (χ0n) is 18.3. The van der Waals surface area contributed by atoms with Crippen molar-refractivity contribution < 1.29 is 47.1 Å². The average molecular weight is 561 g/mol. The van der Waals surface area contributed by atoms with Crippen LogP contribution >= 0.6 is 0 Å². The molecule has 166 valence electrons. The first-order chi connectivity index (χ1) is 16.5. The van der Waals surface area contributed by atoms with Gasteiger partial charge in [-0.2, -0.15) is 0 Å². The molecule has 2 aromatic carbocycles. The van der Waals surface area contributed by atoms with Crippen molar-refractivity contribution in [2.75, 3.05) is 0 Å². The van der Waals surface area contributed by atoms with Crippen LogP contribution in [0.1, 0.15) is 21.0 Å². The van der Waals surface area contributed by atoms with Crippen LogP contribution in [0.25, 0.3) is 43.6 Å². The van der Waals surface area contributed by atoms with Crippen molar-refractivity contribution in [3.63, 3.8) is 0 Å². The smallest absolute Gasteiger partial charge is 0.354 e. The molecule has 0 fully saturated rings. The maximum atomic E-state index is 10.9. The largest absolute Gasteiger partial charge is 0.477 e. The van der Waals surface area contributed by atoms with E-state index in [1.54, 1.807) is 24.5 Å². The summed E-state index contributed by atoms with van der Waals surface area (Å²) in [5, 5.41) is 21.6. The van der Waals surface area contributed by atoms with Crippen molar-refractivity contribution in [2.24, 2.45) is 0 Å². The van der Waals surface area contributed by atoms with Gasteiger partial charge in [-0.3, -0.25) is 9.97 Å². The van der Waals surface area contributed by atoms with Crippen molar-refractivity contribution >= 4 is 55.6 Å². The van der Waals surface area contributed by atoms with Gasteiger partial charge in [-0.05, 0) is 24.3 Å². The van der Waals surface area contributed by atoms with E-state index in [0.717, 1.165) is 32.6 Å². The molecule has 0 unspecified atom stereocenters. The topological polar surface area (TPSA) is 126 Å². The number of carbonyl (C=O) groups is 2. The van der Waals surface area contributed by atoms with Crippen LogP contribution in [0.2, 0.25) is 0 Å². The molecule has 0 aliphatic carbocycles. The first kappa shape index (κ1) is 24.1. The summed E-state index contributed by atoms with van der Waals surface area (Å²) in [4.78, 5) is 38.6. The molecule has 35 heavy (non-hydrogen) atoms. The van der Waals surface area contributed by atoms with E-state index in [0.29, 0.717) is 11.0 Å². The fourth-order valence-electron chi connectivity index (χ4n) is 3.69. The summed E-state index contributed by atoms with van der Waals surface area (Å²) < 4.78 is 0. The van der Waals surface area contributed by atoms with Crippen LogP contribution in [-0.4, -0.2) is 42.1 Å². The maximum absolute atomic E-state index is 10.9. The van der Waals surface area contributed by atoms with Gasteiger partial charge >= 0.3 is 11.9 Å². The fourth-order valence-corrected chi connectivity index (χ4v) is 3.69. The van der Waals surface area contributed by atoms with Crippen LogP contribution in [0.3, 0.4) is 0 Å². The SMILES string of the molecule is O=C(O)c1ccc2ccc3cccnc3c2n1.O=C(O)c1ccc2ccc3cccnc3c2n1.[Cd]. The molecule has 6 rings (SSSR count). The Morgan fingerprint density at radius 3 is 1.23 bits per heavy atom. The molecule has 0 radical (unpaired) electrons. The Bertz CT molecular complexity index is 1610. The summed E-state index contributed by atoms with van der Waals surface area (Å²) in [5.74, 6) is -2.06. The van der Waals surface area contributed by atoms with E-state index in [4.69, 9.17) is 10.2 Å². The molecule has 8 nitrogen and oxygen atoms in total. The van der Waals surface area contributed by atoms with Gasteiger partial charge in [0, 0.05) is 61.2 Å². The zero-order valence-corrected chi connectivity index (χ0v) is 22.3. The molecule has 0 aliphatic heterocycles. The van der Waals surface area contributed by atoms with Gasteiger partial charge < -0.3 is 10.2 Å². The molecule has 0 bridgehead atoms. The molecule has 9 heteroatoms. The van der Waals surface area contributed by atoms with Gasteiger partial charge in [0.15, 0.2) is 0 Å². The van der Waals surface area contributed by atoms with Crippen LogP contribution < -0.4 is 0 Å². The van der Waals surface area contributed by atoms with E-state index < -0.39 is 11.9 Å². The van der Waals surface area contributed by atoms with Gasteiger partial charge in [-0.15, -0.1) is 0 Å². The number of aromatic nitrogens is 4. The molecule has 0 amide bonds. The van der Waals surface area contributed by atoms with Crippen LogP contribution in [0.5, 0.6) is 0 Å². The first-order valence-electron chi connectivity index (χ1n) is 10.3. The number of fused-ring (bicyclic) bond motifs is 6. The summed E-state index contributed by atoms with van der Waals surface area (Å²) in [6.07, 6.45) is 3.35. The van der Waals surface area contributed by atoms with Crippen LogP contribution in [0, 0.1) is 0 Å². The number of benzene rings is 2. The third kappa shape index (κ3) is 4.78. The average Bonchev–Trinajstić information content (AvgIpc) is 2.88. The molecule has 0 saturated heterocycles. The Morgan fingerprint density at radius 1 is 0.514 bits per heavy atom. The molecular weight excluding hydrogens is 545 g/mol.